The van der Waals surface area contributed by atoms with Gasteiger partial charge in [-0.15, -0.1) is 0 Å². The van der Waals surface area contributed by atoms with Crippen molar-refractivity contribution in [1.82, 2.24) is 0 Å². The minimum Gasteiger partial charge on any atom is -0.286 e. The Balaban J connectivity index is 0. The first-order valence-corrected chi connectivity index (χ1v) is 3.62. The van der Waals surface area contributed by atoms with Gasteiger partial charge in [-0.25, -0.2) is 0 Å². The van der Waals surface area contributed by atoms with E-state index in [1.807, 2.05) is 0 Å². The molecule has 0 unspecified atom stereocenters. The molecule has 46 valence electrons. The van der Waals surface area contributed by atoms with Crippen molar-refractivity contribution in [3.05, 3.63) is 0 Å². The van der Waals surface area contributed by atoms with Crippen molar-refractivity contribution in [2.24, 2.45) is 0 Å². The zero-order valence-corrected chi connectivity index (χ0v) is 9.65. The van der Waals surface area contributed by atoms with E-state index in [0.29, 0.717) is 6.42 Å². The Morgan fingerprint density at radius 1 is 1.50 bits per heavy atom. The second kappa shape index (κ2) is 4.69. The minimum absolute atomic E-state index is 0. The molecule has 0 aliphatic carbocycles. The Hall–Kier alpha value is 0.832. The predicted molar refractivity (Wildman–Crippen MR) is 26.7 cm³/mol. The molecule has 1 N–H and O–H groups in total. The Kier molecular flexibility index (Phi) is 6.80. The van der Waals surface area contributed by atoms with Gasteiger partial charge in [-0.05, 0) is 6.42 Å². The van der Waals surface area contributed by atoms with Crippen LogP contribution in [0.25, 0.3) is 0 Å². The Morgan fingerprint density at radius 2 is 1.88 bits per heavy atom. The third kappa shape index (κ3) is 9.95. The van der Waals surface area contributed by atoms with Gasteiger partial charge in [0.25, 0.3) is 10.1 Å². The fraction of sp³-hybridized carbons (Fsp3) is 1.00. The van der Waals surface area contributed by atoms with Gasteiger partial charge in [-0.3, -0.25) is 4.55 Å². The summed E-state index contributed by atoms with van der Waals surface area (Å²) in [6, 6.07) is 0. The Labute approximate surface area is 69.4 Å². The van der Waals surface area contributed by atoms with Gasteiger partial charge >= 0.3 is 0 Å². The molecule has 0 aliphatic rings. The van der Waals surface area contributed by atoms with Crippen LogP contribution in [0, 0.1) is 0 Å². The molecule has 0 fully saturated rings. The van der Waals surface area contributed by atoms with Crippen molar-refractivity contribution in [2.75, 3.05) is 5.75 Å². The van der Waals surface area contributed by atoms with Crippen molar-refractivity contribution in [1.29, 1.82) is 0 Å². The van der Waals surface area contributed by atoms with Crippen LogP contribution in [0.3, 0.4) is 0 Å². The molecule has 0 atom stereocenters. The molecular weight excluding hydrogens is 229 g/mol. The maximum atomic E-state index is 9.79. The van der Waals surface area contributed by atoms with Gasteiger partial charge in [0.15, 0.2) is 0 Å². The van der Waals surface area contributed by atoms with Gasteiger partial charge in [0.05, 0.1) is 5.75 Å². The van der Waals surface area contributed by atoms with Crippen molar-refractivity contribution >= 4 is 10.1 Å². The molecule has 0 aromatic rings. The van der Waals surface area contributed by atoms with Gasteiger partial charge < -0.3 is 0 Å². The predicted octanol–water partition coefficient (Wildman–Crippen LogP) is 0.282. The van der Waals surface area contributed by atoms with Crippen LogP contribution < -0.4 is 0 Å². The first-order chi connectivity index (χ1) is 3.06. The van der Waals surface area contributed by atoms with Crippen LogP contribution in [0.1, 0.15) is 13.3 Å². The molecule has 0 amide bonds. The van der Waals surface area contributed by atoms with E-state index in [1.165, 1.54) is 0 Å². The van der Waals surface area contributed by atoms with E-state index in [9.17, 15) is 8.42 Å². The van der Waals surface area contributed by atoms with Gasteiger partial charge in [-0.2, -0.15) is 8.42 Å². The van der Waals surface area contributed by atoms with E-state index >= 15 is 0 Å². The van der Waals surface area contributed by atoms with Gasteiger partial charge in [-0.1, -0.05) is 6.92 Å². The molecule has 0 heterocycles. The molecule has 0 aromatic heterocycles. The normalized spacial score (nSPS) is 10.2. The zero-order chi connectivity index (χ0) is 5.91. The summed E-state index contributed by atoms with van der Waals surface area (Å²) in [5.74, 6) is -0.132. The Bertz CT molecular complexity index is 127. The van der Waals surface area contributed by atoms with Crippen LogP contribution in [-0.4, -0.2) is 18.7 Å². The third-order valence-corrected chi connectivity index (χ3v) is 1.39. The molecule has 0 aliphatic heterocycles. The fourth-order valence-corrected chi connectivity index (χ4v) is 0.774. The molecular formula is C3H8CdO3S. The number of hydrogen-bond acceptors (Lipinski definition) is 2. The molecule has 0 radical (unpaired) electrons. The summed E-state index contributed by atoms with van der Waals surface area (Å²) in [5.41, 5.74) is 0. The van der Waals surface area contributed by atoms with E-state index < -0.39 is 10.1 Å². The van der Waals surface area contributed by atoms with E-state index in [0.717, 1.165) is 0 Å². The molecule has 5 heteroatoms. The molecule has 3 nitrogen and oxygen atoms in total. The minimum atomic E-state index is -3.67. The van der Waals surface area contributed by atoms with Crippen molar-refractivity contribution in [3.8, 4) is 0 Å². The van der Waals surface area contributed by atoms with Crippen LogP contribution in [0.5, 0.6) is 0 Å². The van der Waals surface area contributed by atoms with Crippen molar-refractivity contribution < 1.29 is 40.3 Å². The molecule has 0 aromatic carbocycles. The molecule has 0 spiro atoms. The third-order valence-electron chi connectivity index (χ3n) is 0.462. The maximum absolute atomic E-state index is 9.79. The van der Waals surface area contributed by atoms with Crippen LogP contribution in [0.15, 0.2) is 0 Å². The van der Waals surface area contributed by atoms with Gasteiger partial charge in [0.2, 0.25) is 0 Å². The summed E-state index contributed by atoms with van der Waals surface area (Å²) in [5, 5.41) is 0. The number of hydrogen-bond donors (Lipinski definition) is 1. The van der Waals surface area contributed by atoms with E-state index in [1.54, 1.807) is 6.92 Å². The van der Waals surface area contributed by atoms with E-state index in [4.69, 9.17) is 4.55 Å². The van der Waals surface area contributed by atoms with Crippen molar-refractivity contribution in [2.45, 2.75) is 13.3 Å². The van der Waals surface area contributed by atoms with Gasteiger partial charge in [0, 0.05) is 27.3 Å². The number of rotatable bonds is 2. The summed E-state index contributed by atoms with van der Waals surface area (Å²) in [6.45, 7) is 1.69. The fourth-order valence-electron chi connectivity index (χ4n) is 0.258. The first-order valence-electron chi connectivity index (χ1n) is 2.01. The standard InChI is InChI=1S/C3H8O3S.Cd/c1-2-3-7(4,5)6;/h2-3H2,1H3,(H,4,5,6);. The van der Waals surface area contributed by atoms with Gasteiger partial charge in [0.1, 0.15) is 0 Å². The van der Waals surface area contributed by atoms with Crippen LogP contribution in [0.2, 0.25) is 0 Å². The quantitative estimate of drug-likeness (QED) is 0.554. The zero-order valence-electron chi connectivity index (χ0n) is 4.79. The summed E-state index contributed by atoms with van der Waals surface area (Å²) < 4.78 is 27.6. The SMILES string of the molecule is CCCS(=O)(=O)O.[Cd]. The van der Waals surface area contributed by atoms with E-state index in [2.05, 4.69) is 0 Å². The second-order valence-corrected chi connectivity index (χ2v) is 2.86. The first kappa shape index (κ1) is 11.6. The monoisotopic (exact) mass is 238 g/mol. The largest absolute Gasteiger partial charge is 0.286 e. The average molecular weight is 237 g/mol. The summed E-state index contributed by atoms with van der Waals surface area (Å²) in [6.07, 6.45) is 0.471. The Morgan fingerprint density at radius 3 is 1.88 bits per heavy atom. The summed E-state index contributed by atoms with van der Waals surface area (Å²) in [4.78, 5) is 0. The topological polar surface area (TPSA) is 54.4 Å². The molecule has 0 bridgehead atoms. The van der Waals surface area contributed by atoms with Crippen LogP contribution >= 0.6 is 0 Å². The van der Waals surface area contributed by atoms with Crippen LogP contribution in [0.4, 0.5) is 0 Å². The molecule has 0 rings (SSSR count). The van der Waals surface area contributed by atoms with Crippen molar-refractivity contribution in [3.63, 3.8) is 0 Å². The maximum Gasteiger partial charge on any atom is 0.264 e. The molecule has 8 heavy (non-hydrogen) atoms. The summed E-state index contributed by atoms with van der Waals surface area (Å²) >= 11 is 0. The molecule has 0 saturated heterocycles. The van der Waals surface area contributed by atoms with E-state index in [-0.39, 0.29) is 33.1 Å². The second-order valence-electron chi connectivity index (χ2n) is 1.29. The summed E-state index contributed by atoms with van der Waals surface area (Å²) in [7, 11) is -3.67. The molecule has 0 saturated carbocycles. The average Bonchev–Trinajstić information content (AvgIpc) is 1.30. The van der Waals surface area contributed by atoms with Crippen LogP contribution in [-0.2, 0) is 37.4 Å². The smallest absolute Gasteiger partial charge is 0.264 e.